The number of carbonyl (C=O) groups excluding carboxylic acids is 1. The van der Waals surface area contributed by atoms with Gasteiger partial charge in [-0.2, -0.15) is 0 Å². The number of fused-ring (bicyclic) bond motifs is 2. The van der Waals surface area contributed by atoms with Gasteiger partial charge in [0.25, 0.3) is 5.91 Å². The molecule has 8 heteroatoms. The van der Waals surface area contributed by atoms with Crippen molar-refractivity contribution >= 4 is 40.1 Å². The third-order valence-electron chi connectivity index (χ3n) is 5.19. The van der Waals surface area contributed by atoms with E-state index in [1.807, 2.05) is 19.0 Å². The second-order valence-corrected chi connectivity index (χ2v) is 8.36. The van der Waals surface area contributed by atoms with E-state index in [1.54, 1.807) is 23.1 Å². The summed E-state index contributed by atoms with van der Waals surface area (Å²) in [6.07, 6.45) is 0.701. The average Bonchev–Trinajstić information content (AvgIpc) is 2.97. The first kappa shape index (κ1) is 20.8. The molecule has 2 aromatic carbocycles. The molecule has 1 atom stereocenters. The molecule has 3 aromatic rings. The first-order valence-corrected chi connectivity index (χ1v) is 10.2. The highest BCUT2D eigenvalue weighted by Gasteiger charge is 2.42. The summed E-state index contributed by atoms with van der Waals surface area (Å²) in [5.74, 6) is -0.934. The highest BCUT2D eigenvalue weighted by molar-refractivity contribution is 6.42. The van der Waals surface area contributed by atoms with Crippen molar-refractivity contribution in [3.8, 4) is 0 Å². The molecule has 4 rings (SSSR count). The van der Waals surface area contributed by atoms with Crippen molar-refractivity contribution in [2.45, 2.75) is 12.5 Å². The fourth-order valence-electron chi connectivity index (χ4n) is 3.81. The molecule has 0 fully saturated rings. The van der Waals surface area contributed by atoms with Gasteiger partial charge in [-0.1, -0.05) is 29.3 Å². The minimum absolute atomic E-state index is 0.0139. The Bertz CT molecular complexity index is 1210. The number of nitrogens with zero attached hydrogens (tertiary/aromatic N) is 2. The SMILES string of the molecule is CN(C)CCCN1C(=O)c2oc3ccc(F)cc3c(=O)c2[C@@H]1c1ccc(Cl)c(Cl)c1. The summed E-state index contributed by atoms with van der Waals surface area (Å²) in [5, 5.41) is 0.790. The largest absolute Gasteiger partial charge is 0.450 e. The average molecular weight is 449 g/mol. The normalized spacial score (nSPS) is 16.0. The van der Waals surface area contributed by atoms with Gasteiger partial charge in [-0.15, -0.1) is 0 Å². The maximum absolute atomic E-state index is 13.8. The highest BCUT2D eigenvalue weighted by Crippen LogP contribution is 2.39. The third kappa shape index (κ3) is 3.60. The van der Waals surface area contributed by atoms with Crippen molar-refractivity contribution < 1.29 is 13.6 Å². The van der Waals surface area contributed by atoms with E-state index in [2.05, 4.69) is 0 Å². The van der Waals surface area contributed by atoms with Crippen LogP contribution in [0.3, 0.4) is 0 Å². The Morgan fingerprint density at radius 1 is 1.10 bits per heavy atom. The highest BCUT2D eigenvalue weighted by atomic mass is 35.5. The van der Waals surface area contributed by atoms with Crippen molar-refractivity contribution in [1.82, 2.24) is 9.80 Å². The Labute approximate surface area is 182 Å². The molecule has 2 heterocycles. The van der Waals surface area contributed by atoms with Crippen LogP contribution in [0.15, 0.2) is 45.6 Å². The lowest BCUT2D eigenvalue weighted by Gasteiger charge is -2.26. The first-order valence-electron chi connectivity index (χ1n) is 9.45. The molecule has 0 aliphatic carbocycles. The van der Waals surface area contributed by atoms with Gasteiger partial charge >= 0.3 is 0 Å². The van der Waals surface area contributed by atoms with Crippen LogP contribution in [-0.2, 0) is 0 Å². The van der Waals surface area contributed by atoms with Crippen LogP contribution in [0, 0.1) is 5.82 Å². The van der Waals surface area contributed by atoms with E-state index in [1.165, 1.54) is 12.1 Å². The van der Waals surface area contributed by atoms with E-state index >= 15 is 0 Å². The number of benzene rings is 2. The topological polar surface area (TPSA) is 53.8 Å². The number of hydrogen-bond acceptors (Lipinski definition) is 4. The lowest BCUT2D eigenvalue weighted by molar-refractivity contribution is 0.0722. The van der Waals surface area contributed by atoms with Gasteiger partial charge in [-0.05, 0) is 63.0 Å². The minimum atomic E-state index is -0.687. The molecule has 5 nitrogen and oxygen atoms in total. The Hall–Kier alpha value is -2.41. The summed E-state index contributed by atoms with van der Waals surface area (Å²) in [5.41, 5.74) is 0.590. The molecular formula is C22H19Cl2FN2O3. The van der Waals surface area contributed by atoms with Crippen molar-refractivity contribution in [2.24, 2.45) is 0 Å². The van der Waals surface area contributed by atoms with Gasteiger partial charge in [0.15, 0.2) is 5.43 Å². The molecule has 0 radical (unpaired) electrons. The summed E-state index contributed by atoms with van der Waals surface area (Å²) in [6, 6.07) is 8.01. The van der Waals surface area contributed by atoms with Crippen molar-refractivity contribution in [3.63, 3.8) is 0 Å². The Morgan fingerprint density at radius 2 is 1.87 bits per heavy atom. The number of carbonyl (C=O) groups is 1. The fourth-order valence-corrected chi connectivity index (χ4v) is 4.12. The first-order chi connectivity index (χ1) is 14.3. The van der Waals surface area contributed by atoms with Crippen molar-refractivity contribution in [3.05, 3.63) is 79.4 Å². The zero-order valence-corrected chi connectivity index (χ0v) is 17.9. The maximum Gasteiger partial charge on any atom is 0.290 e. The van der Waals surface area contributed by atoms with Gasteiger partial charge < -0.3 is 14.2 Å². The zero-order chi connectivity index (χ0) is 21.6. The van der Waals surface area contributed by atoms with Crippen LogP contribution in [0.2, 0.25) is 10.0 Å². The zero-order valence-electron chi connectivity index (χ0n) is 16.4. The molecule has 0 N–H and O–H groups in total. The smallest absolute Gasteiger partial charge is 0.290 e. The Balaban J connectivity index is 1.90. The molecular weight excluding hydrogens is 430 g/mol. The molecule has 0 spiro atoms. The number of hydrogen-bond donors (Lipinski definition) is 0. The summed E-state index contributed by atoms with van der Waals surface area (Å²) < 4.78 is 19.6. The van der Waals surface area contributed by atoms with Gasteiger partial charge in [-0.25, -0.2) is 4.39 Å². The van der Waals surface area contributed by atoms with Gasteiger partial charge in [-0.3, -0.25) is 9.59 Å². The molecule has 1 aliphatic rings. The lowest BCUT2D eigenvalue weighted by Crippen LogP contribution is -2.32. The van der Waals surface area contributed by atoms with E-state index in [-0.39, 0.29) is 28.2 Å². The van der Waals surface area contributed by atoms with Gasteiger partial charge in [0, 0.05) is 6.54 Å². The summed E-state index contributed by atoms with van der Waals surface area (Å²) in [7, 11) is 3.90. The van der Waals surface area contributed by atoms with Crippen LogP contribution in [0.4, 0.5) is 4.39 Å². The number of rotatable bonds is 5. The second kappa shape index (κ2) is 8.02. The summed E-state index contributed by atoms with van der Waals surface area (Å²) in [6.45, 7) is 1.18. The summed E-state index contributed by atoms with van der Waals surface area (Å²) >= 11 is 12.3. The standard InChI is InChI=1S/C22H19Cl2FN2O3/c1-26(2)8-3-9-27-19(12-4-6-15(23)16(24)10-12)18-20(28)14-11-13(25)5-7-17(14)30-21(18)22(27)29/h4-7,10-11,19H,3,8-9H2,1-2H3/t19-/m0/s1. The molecule has 1 aliphatic heterocycles. The predicted octanol–water partition coefficient (Wildman–Crippen LogP) is 4.74. The van der Waals surface area contributed by atoms with Crippen molar-refractivity contribution in [1.29, 1.82) is 0 Å². The monoisotopic (exact) mass is 448 g/mol. The third-order valence-corrected chi connectivity index (χ3v) is 5.93. The maximum atomic E-state index is 13.8. The molecule has 156 valence electrons. The summed E-state index contributed by atoms with van der Waals surface area (Å²) in [4.78, 5) is 30.1. The number of amides is 1. The lowest BCUT2D eigenvalue weighted by atomic mass is 9.98. The van der Waals surface area contributed by atoms with Crippen LogP contribution in [-0.4, -0.2) is 42.9 Å². The van der Waals surface area contributed by atoms with Crippen LogP contribution in [0.25, 0.3) is 11.0 Å². The molecule has 1 aromatic heterocycles. The van der Waals surface area contributed by atoms with E-state index in [0.717, 1.165) is 12.6 Å². The van der Waals surface area contributed by atoms with E-state index in [9.17, 15) is 14.0 Å². The van der Waals surface area contributed by atoms with Gasteiger partial charge in [0.1, 0.15) is 11.4 Å². The number of halogens is 3. The molecule has 0 unspecified atom stereocenters. The van der Waals surface area contributed by atoms with E-state index in [4.69, 9.17) is 27.6 Å². The van der Waals surface area contributed by atoms with E-state index < -0.39 is 17.3 Å². The van der Waals surface area contributed by atoms with Crippen LogP contribution in [0.1, 0.15) is 34.1 Å². The quantitative estimate of drug-likeness (QED) is 0.565. The predicted molar refractivity (Wildman–Crippen MR) is 115 cm³/mol. The molecule has 30 heavy (non-hydrogen) atoms. The Morgan fingerprint density at radius 3 is 2.57 bits per heavy atom. The minimum Gasteiger partial charge on any atom is -0.450 e. The van der Waals surface area contributed by atoms with Gasteiger partial charge in [0.05, 0.1) is 27.0 Å². The van der Waals surface area contributed by atoms with Crippen LogP contribution < -0.4 is 5.43 Å². The van der Waals surface area contributed by atoms with Crippen LogP contribution >= 0.6 is 23.2 Å². The second-order valence-electron chi connectivity index (χ2n) is 7.55. The van der Waals surface area contributed by atoms with Crippen LogP contribution in [0.5, 0.6) is 0 Å². The van der Waals surface area contributed by atoms with Gasteiger partial charge in [0.2, 0.25) is 5.76 Å². The molecule has 0 saturated heterocycles. The fraction of sp³-hybridized carbons (Fsp3) is 0.273. The molecule has 1 amide bonds. The van der Waals surface area contributed by atoms with E-state index in [0.29, 0.717) is 28.6 Å². The molecule has 0 saturated carbocycles. The molecule has 0 bridgehead atoms. The van der Waals surface area contributed by atoms with Crippen molar-refractivity contribution in [2.75, 3.05) is 27.2 Å². The Kier molecular flexibility index (Phi) is 5.57.